The van der Waals surface area contributed by atoms with E-state index in [1.165, 1.54) is 37.5 Å². The summed E-state index contributed by atoms with van der Waals surface area (Å²) < 4.78 is 11.0. The molecule has 1 heterocycles. The minimum absolute atomic E-state index is 0.114. The number of para-hydroxylation sites is 2. The number of halogens is 1. The maximum absolute atomic E-state index is 13.0. The maximum Gasteiger partial charge on any atom is 0.293 e. The lowest BCUT2D eigenvalue weighted by Crippen LogP contribution is -2.27. The van der Waals surface area contributed by atoms with Crippen LogP contribution >= 0.6 is 23.4 Å². The van der Waals surface area contributed by atoms with E-state index in [9.17, 15) is 24.5 Å². The lowest BCUT2D eigenvalue weighted by molar-refractivity contribution is -0.385. The van der Waals surface area contributed by atoms with Crippen molar-refractivity contribution in [1.82, 2.24) is 4.90 Å². The second-order valence-electron chi connectivity index (χ2n) is 7.89. The summed E-state index contributed by atoms with van der Waals surface area (Å²) in [6.45, 7) is -0.560. The molecular formula is C26H20ClN3O7S. The van der Waals surface area contributed by atoms with Crippen LogP contribution in [0.5, 0.6) is 11.5 Å². The number of methoxy groups -OCH3 is 1. The number of nitro benzene ring substituents is 1. The second-order valence-corrected chi connectivity index (χ2v) is 9.29. The van der Waals surface area contributed by atoms with E-state index < -0.39 is 22.0 Å². The molecule has 3 aromatic carbocycles. The molecule has 4 rings (SSSR count). The van der Waals surface area contributed by atoms with Crippen LogP contribution in [0.1, 0.15) is 11.1 Å². The van der Waals surface area contributed by atoms with E-state index in [2.05, 4.69) is 5.32 Å². The summed E-state index contributed by atoms with van der Waals surface area (Å²) in [6.07, 6.45) is 1.46. The largest absolute Gasteiger partial charge is 0.493 e. The summed E-state index contributed by atoms with van der Waals surface area (Å²) in [7, 11) is 1.40. The van der Waals surface area contributed by atoms with Gasteiger partial charge in [-0.2, -0.15) is 0 Å². The molecule has 0 aliphatic carbocycles. The highest BCUT2D eigenvalue weighted by Gasteiger charge is 2.36. The number of rotatable bonds is 9. The highest BCUT2D eigenvalue weighted by atomic mass is 35.5. The monoisotopic (exact) mass is 553 g/mol. The topological polar surface area (TPSA) is 128 Å². The summed E-state index contributed by atoms with van der Waals surface area (Å²) in [4.78, 5) is 49.5. The molecule has 1 saturated heterocycles. The van der Waals surface area contributed by atoms with E-state index in [0.717, 1.165) is 4.90 Å². The van der Waals surface area contributed by atoms with Crippen molar-refractivity contribution in [3.63, 3.8) is 0 Å². The number of anilines is 1. The Morgan fingerprint density at radius 2 is 1.84 bits per heavy atom. The molecule has 3 amide bonds. The van der Waals surface area contributed by atoms with Crippen LogP contribution in [0, 0.1) is 10.1 Å². The van der Waals surface area contributed by atoms with E-state index in [1.54, 1.807) is 36.4 Å². The number of nitrogens with zero attached hydrogens (tertiary/aromatic N) is 2. The molecule has 0 unspecified atom stereocenters. The minimum Gasteiger partial charge on any atom is -0.493 e. The zero-order valence-electron chi connectivity index (χ0n) is 19.9. The number of carbonyl (C=O) groups excluding carboxylic acids is 3. The predicted molar refractivity (Wildman–Crippen MR) is 143 cm³/mol. The molecule has 1 aliphatic heterocycles. The van der Waals surface area contributed by atoms with Gasteiger partial charge in [-0.25, -0.2) is 0 Å². The quantitative estimate of drug-likeness (QED) is 0.209. The van der Waals surface area contributed by atoms with Gasteiger partial charge in [0, 0.05) is 17.3 Å². The number of imide groups is 1. The van der Waals surface area contributed by atoms with Crippen molar-refractivity contribution in [2.75, 3.05) is 19.0 Å². The normalized spacial score (nSPS) is 14.1. The van der Waals surface area contributed by atoms with Crippen LogP contribution in [0.25, 0.3) is 6.08 Å². The van der Waals surface area contributed by atoms with Crippen molar-refractivity contribution in [3.8, 4) is 11.5 Å². The van der Waals surface area contributed by atoms with E-state index in [1.807, 2.05) is 6.07 Å². The van der Waals surface area contributed by atoms with Gasteiger partial charge >= 0.3 is 0 Å². The molecule has 3 aromatic rings. The fraction of sp³-hybridized carbons (Fsp3) is 0.115. The van der Waals surface area contributed by atoms with Gasteiger partial charge in [0.1, 0.15) is 0 Å². The fourth-order valence-electron chi connectivity index (χ4n) is 3.60. The third kappa shape index (κ3) is 6.13. The number of benzene rings is 3. The van der Waals surface area contributed by atoms with Crippen molar-refractivity contribution in [3.05, 3.63) is 97.9 Å². The first kappa shape index (κ1) is 26.7. The van der Waals surface area contributed by atoms with E-state index >= 15 is 0 Å². The molecule has 0 radical (unpaired) electrons. The molecule has 1 fully saturated rings. The zero-order valence-corrected chi connectivity index (χ0v) is 21.5. The standard InChI is InChI=1S/C26H20ClN3O7S/c1-36-21-12-16(11-19(27)24(21)37-15-23(31)28-18-8-3-2-4-9-18)13-22-25(32)29(26(33)38-22)14-17-7-5-6-10-20(17)30(34)35/h2-13H,14-15H2,1H3,(H,28,31)/b22-13-. The SMILES string of the molecule is COc1cc(/C=C2\SC(=O)N(Cc3ccccc3[N+](=O)[O-])C2=O)cc(Cl)c1OCC(=O)Nc1ccccc1. The molecule has 194 valence electrons. The van der Waals surface area contributed by atoms with Gasteiger partial charge in [0.2, 0.25) is 0 Å². The molecule has 0 aromatic heterocycles. The van der Waals surface area contributed by atoms with Crippen molar-refractivity contribution < 1.29 is 28.8 Å². The van der Waals surface area contributed by atoms with Gasteiger partial charge in [0.15, 0.2) is 18.1 Å². The smallest absolute Gasteiger partial charge is 0.293 e. The molecular weight excluding hydrogens is 534 g/mol. The van der Waals surface area contributed by atoms with Crippen LogP contribution in [0.3, 0.4) is 0 Å². The molecule has 38 heavy (non-hydrogen) atoms. The average molecular weight is 554 g/mol. The maximum atomic E-state index is 13.0. The summed E-state index contributed by atoms with van der Waals surface area (Å²) in [6, 6.07) is 17.8. The van der Waals surface area contributed by atoms with Crippen LogP contribution in [-0.4, -0.2) is 40.6 Å². The molecule has 10 nitrogen and oxygen atoms in total. The summed E-state index contributed by atoms with van der Waals surface area (Å²) in [5, 5.41) is 13.6. The molecule has 0 bridgehead atoms. The molecule has 1 N–H and O–H groups in total. The molecule has 0 spiro atoms. The third-order valence-corrected chi connectivity index (χ3v) is 6.53. The summed E-state index contributed by atoms with van der Waals surface area (Å²) in [5.41, 5.74) is 1.12. The van der Waals surface area contributed by atoms with Crippen LogP contribution in [0.2, 0.25) is 5.02 Å². The van der Waals surface area contributed by atoms with Crippen LogP contribution in [0.4, 0.5) is 16.2 Å². The summed E-state index contributed by atoms with van der Waals surface area (Å²) in [5.74, 6) is -0.633. The average Bonchev–Trinajstić information content (AvgIpc) is 3.15. The Hall–Kier alpha value is -4.35. The molecule has 0 saturated carbocycles. The number of nitrogens with one attached hydrogen (secondary N) is 1. The molecule has 0 atom stereocenters. The van der Waals surface area contributed by atoms with Crippen molar-refractivity contribution in [2.24, 2.45) is 0 Å². The van der Waals surface area contributed by atoms with Crippen LogP contribution in [0.15, 0.2) is 71.6 Å². The predicted octanol–water partition coefficient (Wildman–Crippen LogP) is 5.51. The highest BCUT2D eigenvalue weighted by molar-refractivity contribution is 8.18. The Bertz CT molecular complexity index is 1450. The Morgan fingerprint density at radius 1 is 1.13 bits per heavy atom. The Morgan fingerprint density at radius 3 is 2.55 bits per heavy atom. The Labute approximate surface area is 226 Å². The van der Waals surface area contributed by atoms with Gasteiger partial charge in [-0.1, -0.05) is 48.0 Å². The fourth-order valence-corrected chi connectivity index (χ4v) is 4.71. The van der Waals surface area contributed by atoms with Gasteiger partial charge in [-0.05, 0) is 47.7 Å². The first-order valence-electron chi connectivity index (χ1n) is 11.1. The summed E-state index contributed by atoms with van der Waals surface area (Å²) >= 11 is 7.10. The lowest BCUT2D eigenvalue weighted by atomic mass is 10.1. The first-order valence-corrected chi connectivity index (χ1v) is 12.3. The number of carbonyl (C=O) groups is 3. The van der Waals surface area contributed by atoms with Gasteiger partial charge < -0.3 is 14.8 Å². The van der Waals surface area contributed by atoms with Gasteiger partial charge in [0.05, 0.1) is 28.5 Å². The van der Waals surface area contributed by atoms with Crippen LogP contribution < -0.4 is 14.8 Å². The molecule has 12 heteroatoms. The first-order chi connectivity index (χ1) is 18.3. The number of hydrogen-bond donors (Lipinski definition) is 1. The highest BCUT2D eigenvalue weighted by Crippen LogP contribution is 2.39. The van der Waals surface area contributed by atoms with Crippen molar-refractivity contribution >= 4 is 57.9 Å². The van der Waals surface area contributed by atoms with Crippen molar-refractivity contribution in [2.45, 2.75) is 6.54 Å². The van der Waals surface area contributed by atoms with E-state index in [0.29, 0.717) is 23.0 Å². The lowest BCUT2D eigenvalue weighted by Gasteiger charge is -2.14. The number of nitro groups is 1. The third-order valence-electron chi connectivity index (χ3n) is 5.35. The van der Waals surface area contributed by atoms with Gasteiger partial charge in [-0.15, -0.1) is 0 Å². The second kappa shape index (κ2) is 11.8. The van der Waals surface area contributed by atoms with Crippen LogP contribution in [-0.2, 0) is 16.1 Å². The number of ether oxygens (including phenoxy) is 2. The van der Waals surface area contributed by atoms with Gasteiger partial charge in [0.25, 0.3) is 22.7 Å². The number of thioether (sulfide) groups is 1. The number of amides is 3. The molecule has 1 aliphatic rings. The van der Waals surface area contributed by atoms with E-state index in [4.69, 9.17) is 21.1 Å². The Balaban J connectivity index is 1.49. The van der Waals surface area contributed by atoms with Crippen molar-refractivity contribution in [1.29, 1.82) is 0 Å². The minimum atomic E-state index is -0.592. The van der Waals surface area contributed by atoms with Gasteiger partial charge in [-0.3, -0.25) is 29.4 Å². The zero-order chi connectivity index (χ0) is 27.2. The Kier molecular flexibility index (Phi) is 8.29. The van der Waals surface area contributed by atoms with E-state index in [-0.39, 0.29) is 45.8 Å². The number of hydrogen-bond acceptors (Lipinski definition) is 8.